The van der Waals surface area contributed by atoms with E-state index >= 15 is 0 Å². The number of halogens is 2. The van der Waals surface area contributed by atoms with Crippen molar-refractivity contribution in [1.82, 2.24) is 4.31 Å². The van der Waals surface area contributed by atoms with E-state index in [2.05, 4.69) is 0 Å². The Hall–Kier alpha value is -0.860. The minimum Gasteiger partial charge on any atom is -0.545 e. The lowest BCUT2D eigenvalue weighted by Crippen LogP contribution is -2.40. The van der Waals surface area contributed by atoms with E-state index in [0.717, 1.165) is 12.1 Å². The molecular weight excluding hydrogens is 329 g/mol. The van der Waals surface area contributed by atoms with Gasteiger partial charge in [0, 0.05) is 18.7 Å². The molecule has 0 bridgehead atoms. The van der Waals surface area contributed by atoms with Crippen LogP contribution in [0.2, 0.25) is 10.0 Å². The number of morpholine rings is 1. The maximum atomic E-state index is 12.4. The van der Waals surface area contributed by atoms with Crippen LogP contribution in [0.4, 0.5) is 0 Å². The molecule has 0 aliphatic carbocycles. The van der Waals surface area contributed by atoms with Crippen LogP contribution in [-0.4, -0.2) is 45.0 Å². The second-order valence-corrected chi connectivity index (χ2v) is 6.79. The van der Waals surface area contributed by atoms with Crippen molar-refractivity contribution in [3.63, 3.8) is 0 Å². The highest BCUT2D eigenvalue weighted by molar-refractivity contribution is 7.89. The van der Waals surface area contributed by atoms with Crippen molar-refractivity contribution in [2.75, 3.05) is 26.3 Å². The quantitative estimate of drug-likeness (QED) is 0.795. The average Bonchev–Trinajstić information content (AvgIpc) is 2.39. The Labute approximate surface area is 125 Å². The monoisotopic (exact) mass is 338 g/mol. The van der Waals surface area contributed by atoms with Gasteiger partial charge in [0.2, 0.25) is 10.0 Å². The van der Waals surface area contributed by atoms with Gasteiger partial charge in [0.05, 0.1) is 29.2 Å². The van der Waals surface area contributed by atoms with Gasteiger partial charge in [-0.05, 0) is 12.1 Å². The van der Waals surface area contributed by atoms with Crippen LogP contribution in [0.15, 0.2) is 17.0 Å². The summed E-state index contributed by atoms with van der Waals surface area (Å²) in [6, 6.07) is 2.01. The Morgan fingerprint density at radius 2 is 1.80 bits per heavy atom. The molecule has 1 aliphatic heterocycles. The lowest BCUT2D eigenvalue weighted by atomic mass is 10.2. The zero-order valence-corrected chi connectivity index (χ0v) is 12.5. The molecule has 1 aromatic rings. The third-order valence-corrected chi connectivity index (χ3v) is 5.51. The highest BCUT2D eigenvalue weighted by Gasteiger charge is 2.29. The third kappa shape index (κ3) is 2.91. The van der Waals surface area contributed by atoms with Gasteiger partial charge in [-0.15, -0.1) is 0 Å². The summed E-state index contributed by atoms with van der Waals surface area (Å²) in [6.07, 6.45) is 0. The van der Waals surface area contributed by atoms with Gasteiger partial charge in [0.25, 0.3) is 0 Å². The lowest BCUT2D eigenvalue weighted by Gasteiger charge is -2.26. The van der Waals surface area contributed by atoms with Crippen LogP contribution in [0, 0.1) is 0 Å². The van der Waals surface area contributed by atoms with E-state index in [9.17, 15) is 18.3 Å². The Bertz CT molecular complexity index is 640. The number of carboxylic acids is 1. The normalized spacial score (nSPS) is 17.1. The molecule has 0 N–H and O–H groups in total. The minimum atomic E-state index is -3.89. The maximum Gasteiger partial charge on any atom is 0.244 e. The first kappa shape index (κ1) is 15.5. The average molecular weight is 339 g/mol. The first-order chi connectivity index (χ1) is 9.34. The standard InChI is InChI=1S/C11H11Cl2NO5S/c12-8-6-9(13)10(5-7(8)11(15)16)20(17,18)14-1-3-19-4-2-14/h5-6H,1-4H2,(H,15,16)/p-1. The molecule has 1 aliphatic rings. The highest BCUT2D eigenvalue weighted by atomic mass is 35.5. The maximum absolute atomic E-state index is 12.4. The number of hydrogen-bond acceptors (Lipinski definition) is 5. The summed E-state index contributed by atoms with van der Waals surface area (Å²) in [6.45, 7) is 0.916. The molecule has 2 rings (SSSR count). The molecule has 1 saturated heterocycles. The van der Waals surface area contributed by atoms with Gasteiger partial charge in [-0.2, -0.15) is 4.31 Å². The fourth-order valence-electron chi connectivity index (χ4n) is 1.81. The fraction of sp³-hybridized carbons (Fsp3) is 0.364. The fourth-order valence-corrected chi connectivity index (χ4v) is 4.04. The van der Waals surface area contributed by atoms with Crippen molar-refractivity contribution < 1.29 is 23.1 Å². The Morgan fingerprint density at radius 1 is 1.20 bits per heavy atom. The molecule has 1 aromatic carbocycles. The van der Waals surface area contributed by atoms with Crippen LogP contribution in [0.1, 0.15) is 10.4 Å². The zero-order chi connectivity index (χ0) is 14.9. The molecule has 1 fully saturated rings. The first-order valence-electron chi connectivity index (χ1n) is 5.62. The van der Waals surface area contributed by atoms with E-state index in [1.165, 1.54) is 4.31 Å². The number of sulfonamides is 1. The molecule has 0 atom stereocenters. The van der Waals surface area contributed by atoms with E-state index in [1.807, 2.05) is 0 Å². The summed E-state index contributed by atoms with van der Waals surface area (Å²) in [5.41, 5.74) is -0.414. The second-order valence-electron chi connectivity index (χ2n) is 4.07. The minimum absolute atomic E-state index is 0.133. The van der Waals surface area contributed by atoms with E-state index in [0.29, 0.717) is 0 Å². The molecule has 0 unspecified atom stereocenters. The van der Waals surface area contributed by atoms with E-state index in [-0.39, 0.29) is 41.2 Å². The summed E-state index contributed by atoms with van der Waals surface area (Å²) in [5.74, 6) is -1.56. The number of aromatic carboxylic acids is 1. The molecule has 0 aromatic heterocycles. The summed E-state index contributed by atoms with van der Waals surface area (Å²) >= 11 is 11.6. The number of ether oxygens (including phenoxy) is 1. The summed E-state index contributed by atoms with van der Waals surface area (Å²) in [5, 5.41) is 10.6. The number of carbonyl (C=O) groups is 1. The summed E-state index contributed by atoms with van der Waals surface area (Å²) in [7, 11) is -3.89. The van der Waals surface area contributed by atoms with Crippen molar-refractivity contribution in [3.05, 3.63) is 27.7 Å². The van der Waals surface area contributed by atoms with Gasteiger partial charge >= 0.3 is 0 Å². The Kier molecular flexibility index (Phi) is 4.55. The predicted octanol–water partition coefficient (Wildman–Crippen LogP) is 0.378. The van der Waals surface area contributed by atoms with Crippen molar-refractivity contribution in [1.29, 1.82) is 0 Å². The van der Waals surface area contributed by atoms with Crippen molar-refractivity contribution in [3.8, 4) is 0 Å². The van der Waals surface area contributed by atoms with Crippen molar-refractivity contribution in [2.24, 2.45) is 0 Å². The largest absolute Gasteiger partial charge is 0.545 e. The Balaban J connectivity index is 2.50. The molecule has 0 saturated carbocycles. The van der Waals surface area contributed by atoms with Gasteiger partial charge in [-0.25, -0.2) is 8.42 Å². The molecule has 0 spiro atoms. The number of carboxylic acid groups (broad SMARTS) is 1. The van der Waals surface area contributed by atoms with Gasteiger partial charge < -0.3 is 14.6 Å². The predicted molar refractivity (Wildman–Crippen MR) is 70.4 cm³/mol. The van der Waals surface area contributed by atoms with Crippen LogP contribution in [-0.2, 0) is 14.8 Å². The number of carbonyl (C=O) groups excluding carboxylic acids is 1. The molecule has 6 nitrogen and oxygen atoms in total. The van der Waals surface area contributed by atoms with E-state index in [4.69, 9.17) is 27.9 Å². The number of benzene rings is 1. The number of rotatable bonds is 3. The van der Waals surface area contributed by atoms with Crippen LogP contribution in [0.3, 0.4) is 0 Å². The number of nitrogens with zero attached hydrogens (tertiary/aromatic N) is 1. The van der Waals surface area contributed by atoms with E-state index in [1.54, 1.807) is 0 Å². The highest BCUT2D eigenvalue weighted by Crippen LogP contribution is 2.30. The summed E-state index contributed by atoms with van der Waals surface area (Å²) in [4.78, 5) is 10.6. The van der Waals surface area contributed by atoms with Crippen LogP contribution < -0.4 is 5.11 Å². The third-order valence-electron chi connectivity index (χ3n) is 2.83. The molecule has 20 heavy (non-hydrogen) atoms. The second kappa shape index (κ2) is 5.87. The topological polar surface area (TPSA) is 86.7 Å². The number of hydrogen-bond donors (Lipinski definition) is 0. The van der Waals surface area contributed by atoms with Crippen LogP contribution in [0.5, 0.6) is 0 Å². The summed E-state index contributed by atoms with van der Waals surface area (Å²) < 4.78 is 31.1. The first-order valence-corrected chi connectivity index (χ1v) is 7.82. The lowest BCUT2D eigenvalue weighted by molar-refractivity contribution is -0.255. The van der Waals surface area contributed by atoms with Gasteiger partial charge in [-0.1, -0.05) is 23.2 Å². The van der Waals surface area contributed by atoms with Gasteiger partial charge in [0.1, 0.15) is 4.90 Å². The van der Waals surface area contributed by atoms with Gasteiger partial charge in [0.15, 0.2) is 0 Å². The zero-order valence-electron chi connectivity index (χ0n) is 10.1. The van der Waals surface area contributed by atoms with Crippen molar-refractivity contribution in [2.45, 2.75) is 4.90 Å². The molecule has 110 valence electrons. The van der Waals surface area contributed by atoms with Crippen molar-refractivity contribution >= 4 is 39.2 Å². The smallest absolute Gasteiger partial charge is 0.244 e. The van der Waals surface area contributed by atoms with Gasteiger partial charge in [-0.3, -0.25) is 0 Å². The van der Waals surface area contributed by atoms with Crippen LogP contribution >= 0.6 is 23.2 Å². The SMILES string of the molecule is O=C([O-])c1cc(S(=O)(=O)N2CCOCC2)c(Cl)cc1Cl. The Morgan fingerprint density at radius 3 is 2.35 bits per heavy atom. The molecule has 0 amide bonds. The molecular formula is C11H10Cl2NO5S-. The van der Waals surface area contributed by atoms with E-state index < -0.39 is 21.6 Å². The molecule has 9 heteroatoms. The molecule has 1 heterocycles. The molecule has 0 radical (unpaired) electrons. The van der Waals surface area contributed by atoms with Crippen LogP contribution in [0.25, 0.3) is 0 Å².